The van der Waals surface area contributed by atoms with Crippen LogP contribution in [-0.2, 0) is 14.3 Å². The molecular formula is C16H24O4. The van der Waals surface area contributed by atoms with Gasteiger partial charge in [-0.2, -0.15) is 0 Å². The summed E-state index contributed by atoms with van der Waals surface area (Å²) in [5.41, 5.74) is -0.896. The molecule has 1 heterocycles. The smallest absolute Gasteiger partial charge is 0.144 e. The number of aliphatic hydroxyl groups excluding tert-OH is 1. The summed E-state index contributed by atoms with van der Waals surface area (Å²) in [6.45, 7) is 7.66. The molecule has 4 nitrogen and oxygen atoms in total. The number of hydrogen-bond donors (Lipinski definition) is 1. The van der Waals surface area contributed by atoms with E-state index >= 15 is 0 Å². The van der Waals surface area contributed by atoms with Crippen LogP contribution in [0.1, 0.15) is 47.0 Å². The van der Waals surface area contributed by atoms with Gasteiger partial charge in [0.2, 0.25) is 0 Å². The fourth-order valence-corrected chi connectivity index (χ4v) is 4.29. The van der Waals surface area contributed by atoms with Gasteiger partial charge in [0.1, 0.15) is 11.6 Å². The highest BCUT2D eigenvalue weighted by Gasteiger charge is 2.60. The van der Waals surface area contributed by atoms with Crippen molar-refractivity contribution in [2.75, 3.05) is 0 Å². The van der Waals surface area contributed by atoms with Gasteiger partial charge in [0.05, 0.1) is 24.2 Å². The predicted molar refractivity (Wildman–Crippen MR) is 73.1 cm³/mol. The fraction of sp³-hybridized carbons (Fsp3) is 0.875. The van der Waals surface area contributed by atoms with E-state index in [2.05, 4.69) is 0 Å². The summed E-state index contributed by atoms with van der Waals surface area (Å²) >= 11 is 0. The average Bonchev–Trinajstić information content (AvgIpc) is 2.64. The number of carbonyl (C=O) groups excluding carboxylic acids is 2. The summed E-state index contributed by atoms with van der Waals surface area (Å²) in [6.07, 6.45) is 0.440. The topological polar surface area (TPSA) is 63.6 Å². The first-order valence-corrected chi connectivity index (χ1v) is 7.55. The van der Waals surface area contributed by atoms with Crippen LogP contribution < -0.4 is 0 Å². The van der Waals surface area contributed by atoms with Crippen molar-refractivity contribution in [3.8, 4) is 0 Å². The number of Topliss-reactive ketones (excluding diaryl/α,β-unsaturated/α-hetero) is 2. The van der Waals surface area contributed by atoms with E-state index in [4.69, 9.17) is 4.74 Å². The molecule has 3 fully saturated rings. The quantitative estimate of drug-likeness (QED) is 0.734. The van der Waals surface area contributed by atoms with Crippen LogP contribution in [0.4, 0.5) is 0 Å². The van der Waals surface area contributed by atoms with Crippen molar-refractivity contribution >= 4 is 11.6 Å². The number of fused-ring (bicyclic) bond motifs is 3. The molecule has 1 aliphatic heterocycles. The molecule has 0 aromatic rings. The lowest BCUT2D eigenvalue weighted by Crippen LogP contribution is -2.51. The molecule has 0 aromatic carbocycles. The van der Waals surface area contributed by atoms with E-state index in [0.717, 1.165) is 0 Å². The molecule has 2 saturated carbocycles. The Morgan fingerprint density at radius 1 is 1.10 bits per heavy atom. The van der Waals surface area contributed by atoms with Gasteiger partial charge in [-0.3, -0.25) is 9.59 Å². The first-order valence-electron chi connectivity index (χ1n) is 7.55. The van der Waals surface area contributed by atoms with Gasteiger partial charge in [0.25, 0.3) is 0 Å². The highest BCUT2D eigenvalue weighted by Crippen LogP contribution is 2.52. The first kappa shape index (κ1) is 14.2. The second-order valence-corrected chi connectivity index (χ2v) is 8.06. The lowest BCUT2D eigenvalue weighted by atomic mass is 9.61. The Balaban J connectivity index is 1.93. The summed E-state index contributed by atoms with van der Waals surface area (Å²) < 4.78 is 6.01. The van der Waals surface area contributed by atoms with Crippen molar-refractivity contribution < 1.29 is 19.4 Å². The number of carbonyl (C=O) groups is 2. The second-order valence-electron chi connectivity index (χ2n) is 8.06. The highest BCUT2D eigenvalue weighted by molar-refractivity contribution is 5.91. The van der Waals surface area contributed by atoms with E-state index in [9.17, 15) is 14.7 Å². The number of ether oxygens (including phenoxy) is 1. The van der Waals surface area contributed by atoms with E-state index in [1.807, 2.05) is 27.7 Å². The monoisotopic (exact) mass is 280 g/mol. The van der Waals surface area contributed by atoms with Gasteiger partial charge in [0.15, 0.2) is 0 Å². The van der Waals surface area contributed by atoms with E-state index in [1.54, 1.807) is 0 Å². The molecule has 5 atom stereocenters. The van der Waals surface area contributed by atoms with Crippen molar-refractivity contribution in [1.29, 1.82) is 0 Å². The van der Waals surface area contributed by atoms with Gasteiger partial charge < -0.3 is 9.84 Å². The molecule has 4 heteroatoms. The van der Waals surface area contributed by atoms with Gasteiger partial charge in [-0.25, -0.2) is 0 Å². The van der Waals surface area contributed by atoms with Crippen LogP contribution in [0.2, 0.25) is 0 Å². The molecule has 112 valence electrons. The number of rotatable bonds is 0. The lowest BCUT2D eigenvalue weighted by Gasteiger charge is -2.40. The van der Waals surface area contributed by atoms with E-state index in [0.29, 0.717) is 19.3 Å². The third-order valence-corrected chi connectivity index (χ3v) is 5.58. The summed E-state index contributed by atoms with van der Waals surface area (Å²) in [6, 6.07) is 0. The Bertz CT molecular complexity index is 465. The Hall–Kier alpha value is -0.740. The van der Waals surface area contributed by atoms with Crippen LogP contribution in [0.5, 0.6) is 0 Å². The molecule has 3 rings (SSSR count). The van der Waals surface area contributed by atoms with Crippen molar-refractivity contribution in [2.45, 2.75) is 65.3 Å². The Labute approximate surface area is 119 Å². The maximum absolute atomic E-state index is 12.7. The highest BCUT2D eigenvalue weighted by atomic mass is 16.5. The summed E-state index contributed by atoms with van der Waals surface area (Å²) in [5.74, 6) is 0.0301. The minimum absolute atomic E-state index is 0.0396. The van der Waals surface area contributed by atoms with Crippen LogP contribution in [0, 0.1) is 22.7 Å². The maximum atomic E-state index is 12.7. The lowest BCUT2D eigenvalue weighted by molar-refractivity contribution is -0.148. The van der Waals surface area contributed by atoms with Gasteiger partial charge in [-0.1, -0.05) is 27.7 Å². The molecule has 5 unspecified atom stereocenters. The van der Waals surface area contributed by atoms with Gasteiger partial charge in [-0.05, 0) is 12.8 Å². The minimum Gasteiger partial charge on any atom is -0.390 e. The van der Waals surface area contributed by atoms with Crippen molar-refractivity contribution in [3.63, 3.8) is 0 Å². The minimum atomic E-state index is -0.600. The first-order chi connectivity index (χ1) is 9.13. The third-order valence-electron chi connectivity index (χ3n) is 5.58. The summed E-state index contributed by atoms with van der Waals surface area (Å²) in [7, 11) is 0. The Morgan fingerprint density at radius 2 is 1.75 bits per heavy atom. The van der Waals surface area contributed by atoms with Gasteiger partial charge in [-0.15, -0.1) is 0 Å². The zero-order chi connectivity index (χ0) is 14.9. The zero-order valence-electron chi connectivity index (χ0n) is 12.7. The normalized spacial score (nSPS) is 46.0. The summed E-state index contributed by atoms with van der Waals surface area (Å²) in [4.78, 5) is 24.9. The molecule has 0 aromatic heterocycles. The largest absolute Gasteiger partial charge is 0.390 e. The molecule has 1 saturated heterocycles. The van der Waals surface area contributed by atoms with Crippen LogP contribution in [0.3, 0.4) is 0 Å². The average molecular weight is 280 g/mol. The standard InChI is InChI=1S/C16H24O4/c1-15(2)7-10-8(5-11(15)18)12-13(20-10)9(17)6-16(3,4)14(12)19/h8-10,12-13,17H,5-7H2,1-4H3. The van der Waals surface area contributed by atoms with Crippen molar-refractivity contribution in [3.05, 3.63) is 0 Å². The molecule has 0 radical (unpaired) electrons. The van der Waals surface area contributed by atoms with Crippen LogP contribution in [-0.4, -0.2) is 35.0 Å². The third kappa shape index (κ3) is 1.88. The van der Waals surface area contributed by atoms with E-state index < -0.39 is 17.6 Å². The maximum Gasteiger partial charge on any atom is 0.144 e. The van der Waals surface area contributed by atoms with Crippen LogP contribution in [0.25, 0.3) is 0 Å². The molecule has 0 spiro atoms. The van der Waals surface area contributed by atoms with Crippen LogP contribution in [0.15, 0.2) is 0 Å². The van der Waals surface area contributed by atoms with Gasteiger partial charge in [0, 0.05) is 23.2 Å². The number of aliphatic hydroxyl groups is 1. The van der Waals surface area contributed by atoms with Crippen molar-refractivity contribution in [1.82, 2.24) is 0 Å². The summed E-state index contributed by atoms with van der Waals surface area (Å²) in [5, 5.41) is 10.3. The molecule has 0 amide bonds. The molecule has 0 bridgehead atoms. The second kappa shape index (κ2) is 4.14. The Morgan fingerprint density at radius 3 is 2.40 bits per heavy atom. The zero-order valence-corrected chi connectivity index (χ0v) is 12.7. The Kier molecular flexibility index (Phi) is 2.94. The van der Waals surface area contributed by atoms with E-state index in [-0.39, 0.29) is 34.9 Å². The van der Waals surface area contributed by atoms with Crippen LogP contribution >= 0.6 is 0 Å². The molecule has 3 aliphatic rings. The molecular weight excluding hydrogens is 256 g/mol. The predicted octanol–water partition coefficient (Wildman–Crippen LogP) is 1.74. The number of hydrogen-bond acceptors (Lipinski definition) is 4. The van der Waals surface area contributed by atoms with E-state index in [1.165, 1.54) is 0 Å². The number of ketones is 2. The van der Waals surface area contributed by atoms with Gasteiger partial charge >= 0.3 is 0 Å². The molecule has 2 aliphatic carbocycles. The van der Waals surface area contributed by atoms with Crippen molar-refractivity contribution in [2.24, 2.45) is 22.7 Å². The molecule has 20 heavy (non-hydrogen) atoms. The molecule has 1 N–H and O–H groups in total. The SMILES string of the molecule is CC1(C)CC2OC3C(O)CC(C)(C)C(=O)C3C2CC1=O. The fourth-order valence-electron chi connectivity index (χ4n) is 4.29.